The van der Waals surface area contributed by atoms with E-state index in [0.29, 0.717) is 0 Å². The van der Waals surface area contributed by atoms with Gasteiger partial charge in [0.1, 0.15) is 11.5 Å². The summed E-state index contributed by atoms with van der Waals surface area (Å²) in [6.07, 6.45) is 4.08. The molecule has 0 saturated carbocycles. The van der Waals surface area contributed by atoms with Crippen molar-refractivity contribution in [1.82, 2.24) is 9.80 Å². The van der Waals surface area contributed by atoms with Crippen molar-refractivity contribution in [3.8, 4) is 0 Å². The predicted molar refractivity (Wildman–Crippen MR) is 86.3 cm³/mol. The van der Waals surface area contributed by atoms with Gasteiger partial charge < -0.3 is 9.32 Å². The first-order chi connectivity index (χ1) is 10.1. The Labute approximate surface area is 129 Å². The summed E-state index contributed by atoms with van der Waals surface area (Å²) in [5, 5.41) is 0. The molecule has 0 aromatic carbocycles. The van der Waals surface area contributed by atoms with Crippen LogP contribution >= 0.6 is 0 Å². The number of fused-ring (bicyclic) bond motifs is 1. The molecule has 1 aromatic rings. The maximum atomic E-state index is 5.79. The van der Waals surface area contributed by atoms with Gasteiger partial charge >= 0.3 is 0 Å². The molecule has 3 heterocycles. The number of nitrogens with zero attached hydrogens (tertiary/aromatic N) is 2. The smallest absolute Gasteiger partial charge is 0.118 e. The Morgan fingerprint density at radius 3 is 2.81 bits per heavy atom. The summed E-state index contributed by atoms with van der Waals surface area (Å²) in [6.45, 7) is 12.8. The van der Waals surface area contributed by atoms with Crippen LogP contribution in [0.2, 0.25) is 0 Å². The lowest BCUT2D eigenvalue weighted by Crippen LogP contribution is -2.54. The molecular formula is C18H30N2O. The van der Waals surface area contributed by atoms with Crippen LogP contribution in [-0.4, -0.2) is 42.0 Å². The molecular weight excluding hydrogens is 260 g/mol. The summed E-state index contributed by atoms with van der Waals surface area (Å²) in [5.74, 6) is 3.82. The largest absolute Gasteiger partial charge is 0.465 e. The number of piperidine rings is 2. The molecule has 2 aliphatic heterocycles. The van der Waals surface area contributed by atoms with Gasteiger partial charge in [0, 0.05) is 19.1 Å². The SMILES string of the molecule is Cc1ccc(CN2CCC[C@@H]3CN(CC(C)C)CC[C@@H]32)o1. The lowest BCUT2D eigenvalue weighted by Gasteiger charge is -2.47. The quantitative estimate of drug-likeness (QED) is 0.846. The predicted octanol–water partition coefficient (Wildman–Crippen LogP) is 3.53. The van der Waals surface area contributed by atoms with Crippen LogP contribution in [0.1, 0.15) is 44.6 Å². The van der Waals surface area contributed by atoms with E-state index in [2.05, 4.69) is 35.8 Å². The van der Waals surface area contributed by atoms with E-state index in [1.807, 2.05) is 6.92 Å². The fraction of sp³-hybridized carbons (Fsp3) is 0.778. The lowest BCUT2D eigenvalue weighted by atomic mass is 9.83. The van der Waals surface area contributed by atoms with Crippen molar-refractivity contribution in [1.29, 1.82) is 0 Å². The van der Waals surface area contributed by atoms with Gasteiger partial charge in [0.15, 0.2) is 0 Å². The second-order valence-corrected chi connectivity index (χ2v) is 7.39. The molecule has 0 aliphatic carbocycles. The number of hydrogen-bond acceptors (Lipinski definition) is 3. The van der Waals surface area contributed by atoms with Crippen LogP contribution in [0.3, 0.4) is 0 Å². The molecule has 2 aliphatic rings. The summed E-state index contributed by atoms with van der Waals surface area (Å²) < 4.78 is 5.79. The van der Waals surface area contributed by atoms with E-state index in [9.17, 15) is 0 Å². The van der Waals surface area contributed by atoms with Gasteiger partial charge in [-0.25, -0.2) is 0 Å². The minimum Gasteiger partial charge on any atom is -0.465 e. The summed E-state index contributed by atoms with van der Waals surface area (Å²) in [7, 11) is 0. The van der Waals surface area contributed by atoms with E-state index >= 15 is 0 Å². The second kappa shape index (κ2) is 6.53. The molecule has 0 N–H and O–H groups in total. The van der Waals surface area contributed by atoms with E-state index in [4.69, 9.17) is 4.42 Å². The Hall–Kier alpha value is -0.800. The van der Waals surface area contributed by atoms with Gasteiger partial charge in [-0.15, -0.1) is 0 Å². The number of rotatable bonds is 4. The van der Waals surface area contributed by atoms with E-state index in [0.717, 1.165) is 35.9 Å². The first-order valence-corrected chi connectivity index (χ1v) is 8.63. The first-order valence-electron chi connectivity index (χ1n) is 8.63. The molecule has 0 unspecified atom stereocenters. The average molecular weight is 290 g/mol. The first kappa shape index (κ1) is 15.1. The molecule has 0 amide bonds. The average Bonchev–Trinajstić information content (AvgIpc) is 2.83. The van der Waals surface area contributed by atoms with Gasteiger partial charge in [0.05, 0.1) is 6.54 Å². The summed E-state index contributed by atoms with van der Waals surface area (Å²) >= 11 is 0. The monoisotopic (exact) mass is 290 g/mol. The molecule has 118 valence electrons. The van der Waals surface area contributed by atoms with Gasteiger partial charge in [-0.3, -0.25) is 4.90 Å². The maximum absolute atomic E-state index is 5.79. The van der Waals surface area contributed by atoms with Crippen molar-refractivity contribution < 1.29 is 4.42 Å². The van der Waals surface area contributed by atoms with Crippen LogP contribution in [0, 0.1) is 18.8 Å². The fourth-order valence-corrected chi connectivity index (χ4v) is 4.23. The Balaban J connectivity index is 1.60. The van der Waals surface area contributed by atoms with Crippen LogP contribution in [0.5, 0.6) is 0 Å². The van der Waals surface area contributed by atoms with Gasteiger partial charge in [-0.05, 0) is 63.2 Å². The van der Waals surface area contributed by atoms with Crippen molar-refractivity contribution in [2.24, 2.45) is 11.8 Å². The van der Waals surface area contributed by atoms with Crippen molar-refractivity contribution in [2.75, 3.05) is 26.2 Å². The number of likely N-dealkylation sites (tertiary alicyclic amines) is 2. The Bertz CT molecular complexity index is 454. The third-order valence-corrected chi connectivity index (χ3v) is 5.05. The van der Waals surface area contributed by atoms with Crippen molar-refractivity contribution in [3.05, 3.63) is 23.7 Å². The molecule has 0 spiro atoms. The maximum Gasteiger partial charge on any atom is 0.118 e. The molecule has 3 rings (SSSR count). The minimum atomic E-state index is 0.771. The van der Waals surface area contributed by atoms with Crippen LogP contribution in [-0.2, 0) is 6.54 Å². The van der Waals surface area contributed by atoms with Crippen LogP contribution in [0.15, 0.2) is 16.5 Å². The van der Waals surface area contributed by atoms with Crippen molar-refractivity contribution >= 4 is 0 Å². The number of aryl methyl sites for hydroxylation is 1. The zero-order valence-electron chi connectivity index (χ0n) is 13.8. The van der Waals surface area contributed by atoms with Gasteiger partial charge in [-0.1, -0.05) is 13.8 Å². The van der Waals surface area contributed by atoms with Crippen molar-refractivity contribution in [2.45, 2.75) is 52.6 Å². The zero-order valence-corrected chi connectivity index (χ0v) is 13.8. The summed E-state index contributed by atoms with van der Waals surface area (Å²) in [6, 6.07) is 5.00. The minimum absolute atomic E-state index is 0.771. The molecule has 21 heavy (non-hydrogen) atoms. The van der Waals surface area contributed by atoms with Crippen molar-refractivity contribution in [3.63, 3.8) is 0 Å². The third-order valence-electron chi connectivity index (χ3n) is 5.05. The Morgan fingerprint density at radius 1 is 1.24 bits per heavy atom. The lowest BCUT2D eigenvalue weighted by molar-refractivity contribution is 0.0115. The Kier molecular flexibility index (Phi) is 4.70. The Morgan fingerprint density at radius 2 is 2.10 bits per heavy atom. The molecule has 0 radical (unpaired) electrons. The molecule has 2 fully saturated rings. The second-order valence-electron chi connectivity index (χ2n) is 7.39. The van der Waals surface area contributed by atoms with Gasteiger partial charge in [-0.2, -0.15) is 0 Å². The molecule has 3 heteroatoms. The normalized spacial score (nSPS) is 28.0. The molecule has 2 atom stereocenters. The van der Waals surface area contributed by atoms with E-state index < -0.39 is 0 Å². The third kappa shape index (κ3) is 3.70. The fourth-order valence-electron chi connectivity index (χ4n) is 4.23. The van der Waals surface area contributed by atoms with Crippen LogP contribution in [0.25, 0.3) is 0 Å². The highest BCUT2D eigenvalue weighted by atomic mass is 16.3. The van der Waals surface area contributed by atoms with Crippen LogP contribution < -0.4 is 0 Å². The van der Waals surface area contributed by atoms with Gasteiger partial charge in [0.25, 0.3) is 0 Å². The molecule has 3 nitrogen and oxygen atoms in total. The molecule has 2 saturated heterocycles. The zero-order chi connectivity index (χ0) is 14.8. The van der Waals surface area contributed by atoms with Crippen LogP contribution in [0.4, 0.5) is 0 Å². The van der Waals surface area contributed by atoms with E-state index in [-0.39, 0.29) is 0 Å². The van der Waals surface area contributed by atoms with Gasteiger partial charge in [0.2, 0.25) is 0 Å². The van der Waals surface area contributed by atoms with E-state index in [1.54, 1.807) is 0 Å². The molecule has 0 bridgehead atoms. The summed E-state index contributed by atoms with van der Waals surface area (Å²) in [4.78, 5) is 5.37. The highest BCUT2D eigenvalue weighted by Gasteiger charge is 2.36. The highest BCUT2D eigenvalue weighted by Crippen LogP contribution is 2.32. The standard InChI is InChI=1S/C18H30N2O/c1-14(2)11-19-10-8-18-16(12-19)5-4-9-20(18)13-17-7-6-15(3)21-17/h6-7,14,16,18H,4-5,8-13H2,1-3H3/t16-,18+/m1/s1. The van der Waals surface area contributed by atoms with E-state index in [1.165, 1.54) is 45.4 Å². The number of hydrogen-bond donors (Lipinski definition) is 0. The number of furan rings is 1. The highest BCUT2D eigenvalue weighted by molar-refractivity contribution is 5.06. The topological polar surface area (TPSA) is 19.6 Å². The molecule has 1 aromatic heterocycles. The summed E-state index contributed by atoms with van der Waals surface area (Å²) in [5.41, 5.74) is 0.